The largest absolute Gasteiger partial charge is 0.459 e. The lowest BCUT2D eigenvalue weighted by Gasteiger charge is -2.31. The Labute approximate surface area is 118 Å². The minimum absolute atomic E-state index is 0.0820. The average molecular weight is 276 g/mol. The maximum Gasteiger partial charge on any atom is 0.289 e. The molecule has 108 valence electrons. The molecule has 2 heterocycles. The van der Waals surface area contributed by atoms with Crippen molar-refractivity contribution in [2.45, 2.75) is 25.7 Å². The quantitative estimate of drug-likeness (QED) is 0.909. The topological polar surface area (TPSA) is 62.6 Å². The Hall–Kier alpha value is -1.78. The molecule has 1 unspecified atom stereocenters. The number of rotatable bonds is 4. The molecule has 20 heavy (non-hydrogen) atoms. The van der Waals surface area contributed by atoms with E-state index in [0.29, 0.717) is 24.8 Å². The van der Waals surface area contributed by atoms with Crippen molar-refractivity contribution in [2.24, 2.45) is 11.8 Å². The van der Waals surface area contributed by atoms with Crippen molar-refractivity contribution < 1.29 is 14.0 Å². The maximum absolute atomic E-state index is 12.2. The van der Waals surface area contributed by atoms with Crippen LogP contribution in [0.15, 0.2) is 22.8 Å². The van der Waals surface area contributed by atoms with Gasteiger partial charge in [0.1, 0.15) is 0 Å². The van der Waals surface area contributed by atoms with Gasteiger partial charge < -0.3 is 14.6 Å². The lowest BCUT2D eigenvalue weighted by Crippen LogP contribution is -2.45. The van der Waals surface area contributed by atoms with E-state index in [0.717, 1.165) is 19.4 Å². The van der Waals surface area contributed by atoms with E-state index in [4.69, 9.17) is 4.42 Å². The Morgan fingerprint density at radius 2 is 2.20 bits per heavy atom. The van der Waals surface area contributed by atoms with Crippen LogP contribution in [0.1, 0.15) is 36.2 Å². The number of amides is 2. The van der Waals surface area contributed by atoms with E-state index >= 15 is 0 Å². The van der Waals surface area contributed by atoms with Crippen molar-refractivity contribution in [1.82, 2.24) is 10.2 Å². The number of furan rings is 1. The Morgan fingerprint density at radius 3 is 2.90 bits per heavy atom. The predicted octanol–water partition coefficient (Wildman–Crippen LogP) is 1.66. The fraction of sp³-hybridized carbons (Fsp3) is 0.600. The van der Waals surface area contributed by atoms with Crippen LogP contribution in [-0.4, -0.2) is 36.3 Å². The summed E-state index contributed by atoms with van der Waals surface area (Å²) in [5.74, 6) is 0.928. The van der Waals surface area contributed by atoms with Gasteiger partial charge in [0.15, 0.2) is 5.76 Å². The first-order chi connectivity index (χ1) is 9.74. The van der Waals surface area contributed by atoms with Gasteiger partial charge in [-0.2, -0.15) is 0 Å². The van der Waals surface area contributed by atoms with E-state index in [9.17, 15) is 9.59 Å². The molecule has 0 radical (unpaired) electrons. The van der Waals surface area contributed by atoms with Gasteiger partial charge in [-0.1, -0.05) is 0 Å². The molecule has 2 fully saturated rings. The van der Waals surface area contributed by atoms with E-state index in [2.05, 4.69) is 5.32 Å². The number of hydrogen-bond acceptors (Lipinski definition) is 3. The molecule has 5 heteroatoms. The summed E-state index contributed by atoms with van der Waals surface area (Å²) in [4.78, 5) is 26.0. The summed E-state index contributed by atoms with van der Waals surface area (Å²) in [7, 11) is 0. The van der Waals surface area contributed by atoms with Gasteiger partial charge in [-0.15, -0.1) is 0 Å². The molecular weight excluding hydrogens is 256 g/mol. The third-order valence-corrected chi connectivity index (χ3v) is 4.07. The monoisotopic (exact) mass is 276 g/mol. The molecule has 1 aliphatic carbocycles. The van der Waals surface area contributed by atoms with E-state index in [1.54, 1.807) is 17.0 Å². The molecule has 1 aliphatic heterocycles. The van der Waals surface area contributed by atoms with Crippen molar-refractivity contribution in [1.29, 1.82) is 0 Å². The first-order valence-corrected chi connectivity index (χ1v) is 7.34. The average Bonchev–Trinajstić information content (AvgIpc) is 3.15. The molecule has 0 bridgehead atoms. The number of likely N-dealkylation sites (tertiary alicyclic amines) is 1. The second-order valence-electron chi connectivity index (χ2n) is 5.76. The van der Waals surface area contributed by atoms with E-state index < -0.39 is 0 Å². The highest BCUT2D eigenvalue weighted by Crippen LogP contribution is 2.28. The van der Waals surface area contributed by atoms with Gasteiger partial charge >= 0.3 is 0 Å². The summed E-state index contributed by atoms with van der Waals surface area (Å²) in [6, 6.07) is 3.37. The van der Waals surface area contributed by atoms with Crippen LogP contribution < -0.4 is 5.32 Å². The molecule has 0 aromatic carbocycles. The normalized spacial score (nSPS) is 22.6. The SMILES string of the molecule is O=C(NCC1CC1)C1CCCN(C(=O)c2ccco2)C1. The summed E-state index contributed by atoms with van der Waals surface area (Å²) < 4.78 is 5.14. The molecule has 3 rings (SSSR count). The summed E-state index contributed by atoms with van der Waals surface area (Å²) in [6.45, 7) is 1.99. The number of piperidine rings is 1. The summed E-state index contributed by atoms with van der Waals surface area (Å²) in [5, 5.41) is 3.01. The fourth-order valence-electron chi connectivity index (χ4n) is 2.64. The van der Waals surface area contributed by atoms with Gasteiger partial charge in [-0.25, -0.2) is 0 Å². The number of carbonyl (C=O) groups excluding carboxylic acids is 2. The van der Waals surface area contributed by atoms with Crippen molar-refractivity contribution in [2.75, 3.05) is 19.6 Å². The van der Waals surface area contributed by atoms with E-state index in [-0.39, 0.29) is 17.7 Å². The van der Waals surface area contributed by atoms with Gasteiger partial charge in [0.2, 0.25) is 5.91 Å². The van der Waals surface area contributed by atoms with E-state index in [1.165, 1.54) is 19.1 Å². The number of nitrogens with zero attached hydrogens (tertiary/aromatic N) is 1. The van der Waals surface area contributed by atoms with Crippen molar-refractivity contribution in [3.63, 3.8) is 0 Å². The molecule has 1 aromatic heterocycles. The Balaban J connectivity index is 1.55. The van der Waals surface area contributed by atoms with Crippen LogP contribution >= 0.6 is 0 Å². The van der Waals surface area contributed by atoms with Crippen molar-refractivity contribution >= 4 is 11.8 Å². The molecule has 1 N–H and O–H groups in total. The third kappa shape index (κ3) is 3.03. The van der Waals surface area contributed by atoms with Crippen LogP contribution in [0.4, 0.5) is 0 Å². The zero-order valence-corrected chi connectivity index (χ0v) is 11.5. The van der Waals surface area contributed by atoms with Crippen LogP contribution in [0, 0.1) is 11.8 Å². The van der Waals surface area contributed by atoms with Crippen LogP contribution in [0.3, 0.4) is 0 Å². The minimum Gasteiger partial charge on any atom is -0.459 e. The van der Waals surface area contributed by atoms with Gasteiger partial charge in [0.25, 0.3) is 5.91 Å². The second kappa shape index (κ2) is 5.69. The number of nitrogens with one attached hydrogen (secondary N) is 1. The fourth-order valence-corrected chi connectivity index (χ4v) is 2.64. The Morgan fingerprint density at radius 1 is 1.35 bits per heavy atom. The highest BCUT2D eigenvalue weighted by molar-refractivity contribution is 5.92. The summed E-state index contributed by atoms with van der Waals surface area (Å²) in [6.07, 6.45) is 5.69. The van der Waals surface area contributed by atoms with Gasteiger partial charge in [0.05, 0.1) is 12.2 Å². The molecule has 2 amide bonds. The molecule has 2 aliphatic rings. The highest BCUT2D eigenvalue weighted by Gasteiger charge is 2.30. The number of carbonyl (C=O) groups is 2. The van der Waals surface area contributed by atoms with Crippen molar-refractivity contribution in [3.05, 3.63) is 24.2 Å². The lowest BCUT2D eigenvalue weighted by molar-refractivity contribution is -0.126. The van der Waals surface area contributed by atoms with Crippen molar-refractivity contribution in [3.8, 4) is 0 Å². The van der Waals surface area contributed by atoms with Crippen LogP contribution in [0.2, 0.25) is 0 Å². The van der Waals surface area contributed by atoms with Crippen LogP contribution in [0.25, 0.3) is 0 Å². The zero-order chi connectivity index (χ0) is 13.9. The molecule has 0 spiro atoms. The van der Waals surface area contributed by atoms with Gasteiger partial charge in [0, 0.05) is 19.6 Å². The van der Waals surface area contributed by atoms with Gasteiger partial charge in [-0.3, -0.25) is 9.59 Å². The molecule has 5 nitrogen and oxygen atoms in total. The first kappa shape index (κ1) is 13.2. The Bertz CT molecular complexity index is 479. The van der Waals surface area contributed by atoms with Gasteiger partial charge in [-0.05, 0) is 43.7 Å². The highest BCUT2D eigenvalue weighted by atomic mass is 16.3. The summed E-state index contributed by atoms with van der Waals surface area (Å²) in [5.41, 5.74) is 0. The number of hydrogen-bond donors (Lipinski definition) is 1. The minimum atomic E-state index is -0.116. The molecule has 1 saturated heterocycles. The van der Waals surface area contributed by atoms with E-state index in [1.807, 2.05) is 0 Å². The zero-order valence-electron chi connectivity index (χ0n) is 11.5. The lowest BCUT2D eigenvalue weighted by atomic mass is 9.97. The standard InChI is InChI=1S/C15H20N2O3/c18-14(16-9-11-5-6-11)12-3-1-7-17(10-12)15(19)13-4-2-8-20-13/h2,4,8,11-12H,1,3,5-7,9-10H2,(H,16,18). The molecular formula is C15H20N2O3. The smallest absolute Gasteiger partial charge is 0.289 e. The third-order valence-electron chi connectivity index (χ3n) is 4.07. The maximum atomic E-state index is 12.2. The molecule has 1 aromatic rings. The molecule has 1 atom stereocenters. The molecule has 1 saturated carbocycles. The summed E-state index contributed by atoms with van der Waals surface area (Å²) >= 11 is 0. The van der Waals surface area contributed by atoms with Crippen LogP contribution in [-0.2, 0) is 4.79 Å². The second-order valence-corrected chi connectivity index (χ2v) is 5.76. The predicted molar refractivity (Wildman–Crippen MR) is 73.1 cm³/mol. The Kier molecular flexibility index (Phi) is 3.76. The van der Waals surface area contributed by atoms with Crippen LogP contribution in [0.5, 0.6) is 0 Å². The first-order valence-electron chi connectivity index (χ1n) is 7.34.